The molecule has 0 aliphatic rings. The summed E-state index contributed by atoms with van der Waals surface area (Å²) in [6.07, 6.45) is 2.93. The van der Waals surface area contributed by atoms with Gasteiger partial charge in [0.05, 0.1) is 5.84 Å². The minimum atomic E-state index is 0.304. The number of hydrogen-bond donors (Lipinski definition) is 2. The lowest BCUT2D eigenvalue weighted by Crippen LogP contribution is -2.43. The molecule has 0 saturated carbocycles. The van der Waals surface area contributed by atoms with E-state index < -0.39 is 0 Å². The van der Waals surface area contributed by atoms with E-state index >= 15 is 0 Å². The van der Waals surface area contributed by atoms with Gasteiger partial charge in [-0.2, -0.15) is 0 Å². The first kappa shape index (κ1) is 13.4. The first-order chi connectivity index (χ1) is 6.56. The average molecular weight is 199 g/mol. The fourth-order valence-corrected chi connectivity index (χ4v) is 1.91. The highest BCUT2D eigenvalue weighted by molar-refractivity contribution is 5.77. The van der Waals surface area contributed by atoms with E-state index in [-0.39, 0.29) is 0 Å². The minimum Gasteiger partial charge on any atom is -0.388 e. The summed E-state index contributed by atoms with van der Waals surface area (Å²) in [6, 6.07) is 1.02. The summed E-state index contributed by atoms with van der Waals surface area (Å²) in [5.41, 5.74) is 5.46. The third-order valence-corrected chi connectivity index (χ3v) is 2.92. The molecule has 0 heterocycles. The van der Waals surface area contributed by atoms with Crippen LogP contribution >= 0.6 is 0 Å². The Balaban J connectivity index is 4.35. The largest absolute Gasteiger partial charge is 0.388 e. The first-order valence-corrected chi connectivity index (χ1v) is 5.65. The Morgan fingerprint density at radius 3 is 2.14 bits per heavy atom. The highest BCUT2D eigenvalue weighted by Crippen LogP contribution is 2.14. The normalized spacial score (nSPS) is 15.5. The maximum Gasteiger partial charge on any atom is 0.0921 e. The van der Waals surface area contributed by atoms with Crippen molar-refractivity contribution in [3.05, 3.63) is 0 Å². The lowest BCUT2D eigenvalue weighted by atomic mass is 10.1. The van der Waals surface area contributed by atoms with Crippen LogP contribution in [0.2, 0.25) is 0 Å². The van der Waals surface area contributed by atoms with Crippen LogP contribution in [-0.4, -0.2) is 29.4 Å². The number of amidine groups is 1. The van der Waals surface area contributed by atoms with Crippen molar-refractivity contribution >= 4 is 5.84 Å². The molecular formula is C11H25N3. The zero-order valence-corrected chi connectivity index (χ0v) is 10.0. The van der Waals surface area contributed by atoms with E-state index in [1.54, 1.807) is 0 Å². The molecule has 0 aromatic rings. The van der Waals surface area contributed by atoms with Gasteiger partial charge in [-0.05, 0) is 26.3 Å². The number of nitrogens with one attached hydrogen (secondary N) is 1. The van der Waals surface area contributed by atoms with Crippen molar-refractivity contribution in [2.75, 3.05) is 6.54 Å². The second-order valence-electron chi connectivity index (χ2n) is 3.88. The van der Waals surface area contributed by atoms with Gasteiger partial charge in [-0.15, -0.1) is 0 Å². The van der Waals surface area contributed by atoms with Gasteiger partial charge in [0.25, 0.3) is 0 Å². The third-order valence-electron chi connectivity index (χ3n) is 2.92. The summed E-state index contributed by atoms with van der Waals surface area (Å²) in [5.74, 6) is 0.304. The van der Waals surface area contributed by atoms with Gasteiger partial charge in [0, 0.05) is 18.5 Å². The van der Waals surface area contributed by atoms with Crippen LogP contribution in [0.4, 0.5) is 0 Å². The van der Waals surface area contributed by atoms with E-state index in [4.69, 9.17) is 11.1 Å². The molecule has 2 atom stereocenters. The van der Waals surface area contributed by atoms with Gasteiger partial charge in [-0.25, -0.2) is 0 Å². The lowest BCUT2D eigenvalue weighted by Gasteiger charge is -2.34. The molecule has 0 bridgehead atoms. The smallest absolute Gasteiger partial charge is 0.0921 e. The molecule has 0 rings (SSSR count). The SMILES string of the molecule is CCC(C)N(CC)C(CC)CC(=N)N. The minimum absolute atomic E-state index is 0.304. The van der Waals surface area contributed by atoms with Gasteiger partial charge in [-0.1, -0.05) is 20.8 Å². The second kappa shape index (κ2) is 6.82. The summed E-state index contributed by atoms with van der Waals surface area (Å²) in [6.45, 7) is 9.83. The van der Waals surface area contributed by atoms with Crippen LogP contribution in [0.15, 0.2) is 0 Å². The maximum absolute atomic E-state index is 7.35. The maximum atomic E-state index is 7.35. The van der Waals surface area contributed by atoms with Crippen LogP contribution in [0.1, 0.15) is 47.0 Å². The number of nitrogens with zero attached hydrogens (tertiary/aromatic N) is 1. The Kier molecular flexibility index (Phi) is 6.54. The zero-order chi connectivity index (χ0) is 11.1. The standard InChI is InChI=1S/C11H25N3/c1-5-9(4)14(7-3)10(6-2)8-11(12)13/h9-10H,5-8H2,1-4H3,(H3,12,13). The van der Waals surface area contributed by atoms with E-state index in [1.807, 2.05) is 0 Å². The molecule has 0 fully saturated rings. The van der Waals surface area contributed by atoms with Gasteiger partial charge in [0.1, 0.15) is 0 Å². The molecule has 0 spiro atoms. The van der Waals surface area contributed by atoms with E-state index in [0.717, 1.165) is 19.4 Å². The molecule has 2 unspecified atom stereocenters. The molecular weight excluding hydrogens is 174 g/mol. The van der Waals surface area contributed by atoms with Crippen LogP contribution in [-0.2, 0) is 0 Å². The fourth-order valence-electron chi connectivity index (χ4n) is 1.91. The molecule has 84 valence electrons. The first-order valence-electron chi connectivity index (χ1n) is 5.65. The Morgan fingerprint density at radius 2 is 1.86 bits per heavy atom. The van der Waals surface area contributed by atoms with Crippen molar-refractivity contribution in [1.29, 1.82) is 5.41 Å². The Labute approximate surface area is 88.2 Å². The molecule has 14 heavy (non-hydrogen) atoms. The molecule has 0 aromatic heterocycles. The van der Waals surface area contributed by atoms with Crippen LogP contribution < -0.4 is 5.73 Å². The highest BCUT2D eigenvalue weighted by Gasteiger charge is 2.19. The van der Waals surface area contributed by atoms with E-state index in [1.165, 1.54) is 0 Å². The van der Waals surface area contributed by atoms with Crippen LogP contribution in [0, 0.1) is 5.41 Å². The number of nitrogens with two attached hydrogens (primary N) is 1. The zero-order valence-electron chi connectivity index (χ0n) is 10.0. The molecule has 0 radical (unpaired) electrons. The Hall–Kier alpha value is -0.570. The van der Waals surface area contributed by atoms with Gasteiger partial charge in [-0.3, -0.25) is 10.3 Å². The molecule has 0 saturated heterocycles. The third kappa shape index (κ3) is 4.09. The van der Waals surface area contributed by atoms with E-state index in [0.29, 0.717) is 24.3 Å². The Bertz CT molecular complexity index is 168. The van der Waals surface area contributed by atoms with Crippen molar-refractivity contribution in [2.45, 2.75) is 59.0 Å². The summed E-state index contributed by atoms with van der Waals surface area (Å²) < 4.78 is 0. The topological polar surface area (TPSA) is 53.1 Å². The monoisotopic (exact) mass is 199 g/mol. The summed E-state index contributed by atoms with van der Waals surface area (Å²) in [4.78, 5) is 2.45. The molecule has 0 aliphatic heterocycles. The Morgan fingerprint density at radius 1 is 1.29 bits per heavy atom. The summed E-state index contributed by atoms with van der Waals surface area (Å²) in [5, 5.41) is 7.35. The van der Waals surface area contributed by atoms with Crippen molar-refractivity contribution in [2.24, 2.45) is 5.73 Å². The fraction of sp³-hybridized carbons (Fsp3) is 0.909. The quantitative estimate of drug-likeness (QED) is 0.488. The van der Waals surface area contributed by atoms with Crippen molar-refractivity contribution in [3.63, 3.8) is 0 Å². The van der Waals surface area contributed by atoms with Gasteiger partial charge in [0.15, 0.2) is 0 Å². The average Bonchev–Trinajstić information content (AvgIpc) is 2.16. The van der Waals surface area contributed by atoms with Crippen molar-refractivity contribution in [1.82, 2.24) is 4.90 Å². The summed E-state index contributed by atoms with van der Waals surface area (Å²) in [7, 11) is 0. The predicted molar refractivity (Wildman–Crippen MR) is 62.7 cm³/mol. The van der Waals surface area contributed by atoms with Gasteiger partial charge >= 0.3 is 0 Å². The highest BCUT2D eigenvalue weighted by atomic mass is 15.2. The molecule has 0 amide bonds. The van der Waals surface area contributed by atoms with Crippen molar-refractivity contribution < 1.29 is 0 Å². The van der Waals surface area contributed by atoms with Gasteiger partial charge in [0.2, 0.25) is 0 Å². The number of rotatable bonds is 7. The van der Waals surface area contributed by atoms with E-state index in [9.17, 15) is 0 Å². The molecule has 0 aliphatic carbocycles. The molecule has 3 nitrogen and oxygen atoms in total. The second-order valence-corrected chi connectivity index (χ2v) is 3.88. The van der Waals surface area contributed by atoms with Crippen molar-refractivity contribution in [3.8, 4) is 0 Å². The lowest BCUT2D eigenvalue weighted by molar-refractivity contribution is 0.147. The van der Waals surface area contributed by atoms with Crippen LogP contribution in [0.3, 0.4) is 0 Å². The molecule has 3 N–H and O–H groups in total. The van der Waals surface area contributed by atoms with E-state index in [2.05, 4.69) is 32.6 Å². The molecule has 0 aromatic carbocycles. The number of hydrogen-bond acceptors (Lipinski definition) is 2. The van der Waals surface area contributed by atoms with Crippen LogP contribution in [0.25, 0.3) is 0 Å². The van der Waals surface area contributed by atoms with Gasteiger partial charge < -0.3 is 5.73 Å². The molecule has 3 heteroatoms. The van der Waals surface area contributed by atoms with Crippen LogP contribution in [0.5, 0.6) is 0 Å². The predicted octanol–water partition coefficient (Wildman–Crippen LogP) is 2.21. The summed E-state index contributed by atoms with van der Waals surface area (Å²) >= 11 is 0.